The van der Waals surface area contributed by atoms with Crippen LogP contribution in [0.4, 0.5) is 0 Å². The van der Waals surface area contributed by atoms with Crippen molar-refractivity contribution in [3.63, 3.8) is 0 Å². The van der Waals surface area contributed by atoms with E-state index in [0.29, 0.717) is 10.0 Å². The van der Waals surface area contributed by atoms with Crippen LogP contribution in [0.15, 0.2) is 158 Å². The van der Waals surface area contributed by atoms with Crippen LogP contribution in [0.25, 0.3) is 33.0 Å². The van der Waals surface area contributed by atoms with Gasteiger partial charge in [0.05, 0.1) is 0 Å². The van der Waals surface area contributed by atoms with Crippen molar-refractivity contribution in [2.75, 3.05) is 0 Å². The van der Waals surface area contributed by atoms with Crippen LogP contribution in [-0.2, 0) is 4.57 Å². The molecule has 0 saturated heterocycles. The average molecular weight is 654 g/mol. The number of fused-ring (bicyclic) bond motifs is 4. The molecule has 1 unspecified atom stereocenters. The molecule has 8 rings (SSSR count). The Labute approximate surface area is 278 Å². The Balaban J connectivity index is 1.65. The second kappa shape index (κ2) is 11.6. The van der Waals surface area contributed by atoms with Crippen molar-refractivity contribution in [2.24, 2.45) is 0 Å². The molecule has 2 nitrogen and oxygen atoms in total. The van der Waals surface area contributed by atoms with Crippen LogP contribution in [0.3, 0.4) is 0 Å². The highest BCUT2D eigenvalue weighted by molar-refractivity contribution is 7.85. The van der Waals surface area contributed by atoms with Gasteiger partial charge in [0.1, 0.15) is 5.75 Å². The predicted octanol–water partition coefficient (Wildman–Crippen LogP) is 10.6. The molecule has 5 heteroatoms. The van der Waals surface area contributed by atoms with Gasteiger partial charge >= 0.3 is 0 Å². The summed E-state index contributed by atoms with van der Waals surface area (Å²) in [4.78, 5) is 0. The zero-order valence-electron chi connectivity index (χ0n) is 24.6. The van der Waals surface area contributed by atoms with Crippen LogP contribution in [0.5, 0.6) is 5.75 Å². The van der Waals surface area contributed by atoms with Crippen molar-refractivity contribution in [3.8, 4) is 28.0 Å². The highest BCUT2D eigenvalue weighted by atomic mass is 35.5. The van der Waals surface area contributed by atoms with E-state index in [9.17, 15) is 0 Å². The lowest BCUT2D eigenvalue weighted by Crippen LogP contribution is -2.32. The number of para-hydroxylation sites is 1. The van der Waals surface area contributed by atoms with Gasteiger partial charge in [0.15, 0.2) is 13.2 Å². The molecule has 7 aromatic carbocycles. The number of halogens is 2. The molecule has 0 amide bonds. The zero-order chi connectivity index (χ0) is 31.3. The van der Waals surface area contributed by atoms with E-state index in [-0.39, 0.29) is 0 Å². The Morgan fingerprint density at radius 2 is 1.11 bits per heavy atom. The van der Waals surface area contributed by atoms with Gasteiger partial charge in [-0.1, -0.05) is 151 Å². The first-order valence-corrected chi connectivity index (χ1v) is 17.6. The normalized spacial score (nSPS) is 13.9. The maximum Gasteiger partial charge on any atom is 0.172 e. The smallest absolute Gasteiger partial charge is 0.172 e. The Hall–Kier alpha value is -4.59. The van der Waals surface area contributed by atoms with E-state index in [1.807, 2.05) is 140 Å². The molecule has 7 aromatic rings. The molecule has 0 fully saturated rings. The molecular weight excluding hydrogens is 626 g/mol. The summed E-state index contributed by atoms with van der Waals surface area (Å²) < 4.78 is 23.4. The van der Waals surface area contributed by atoms with E-state index < -0.39 is 13.2 Å². The summed E-state index contributed by atoms with van der Waals surface area (Å²) in [5.74, 6) is 0.764. The lowest BCUT2D eigenvalue weighted by Gasteiger charge is -2.36. The fourth-order valence-corrected chi connectivity index (χ4v) is 10.2. The molecule has 46 heavy (non-hydrogen) atoms. The largest absolute Gasteiger partial charge is 0.480 e. The van der Waals surface area contributed by atoms with Crippen molar-refractivity contribution < 1.29 is 9.30 Å². The van der Waals surface area contributed by atoms with Gasteiger partial charge in [-0.3, -0.25) is 0 Å². The van der Waals surface area contributed by atoms with Gasteiger partial charge in [-0.2, -0.15) is 0 Å². The minimum absolute atomic E-state index is 0.534. The number of benzene rings is 7. The summed E-state index contributed by atoms with van der Waals surface area (Å²) in [6, 6.07) is 51.8. The average Bonchev–Trinajstić information content (AvgIpc) is 3.11. The first-order chi connectivity index (χ1) is 22.5. The van der Waals surface area contributed by atoms with Crippen LogP contribution < -0.4 is 20.7 Å². The van der Waals surface area contributed by atoms with Crippen molar-refractivity contribution in [3.05, 3.63) is 179 Å². The fourth-order valence-electron chi connectivity index (χ4n) is 6.76. The quantitative estimate of drug-likeness (QED) is 0.173. The van der Waals surface area contributed by atoms with Crippen molar-refractivity contribution >= 4 is 57.0 Å². The van der Waals surface area contributed by atoms with Crippen LogP contribution in [-0.4, -0.2) is 0 Å². The lowest BCUT2D eigenvalue weighted by molar-refractivity contribution is 0.245. The second-order valence-electron chi connectivity index (χ2n) is 11.4. The van der Waals surface area contributed by atoms with Gasteiger partial charge in [0.25, 0.3) is 0 Å². The Morgan fingerprint density at radius 1 is 0.543 bits per heavy atom. The van der Waals surface area contributed by atoms with Crippen LogP contribution in [0.2, 0.25) is 10.0 Å². The van der Waals surface area contributed by atoms with Gasteiger partial charge in [0, 0.05) is 42.6 Å². The third-order valence-corrected chi connectivity index (χ3v) is 12.4. The number of rotatable bonds is 5. The minimum atomic E-state index is -3.53. The van der Waals surface area contributed by atoms with Crippen LogP contribution in [0.1, 0.15) is 17.2 Å². The van der Waals surface area contributed by atoms with Crippen molar-refractivity contribution in [1.29, 1.82) is 0 Å². The van der Waals surface area contributed by atoms with Gasteiger partial charge in [-0.05, 0) is 57.8 Å². The number of hydrogen-bond acceptors (Lipinski definition) is 2. The van der Waals surface area contributed by atoms with Gasteiger partial charge < -0.3 is 9.30 Å². The summed E-state index contributed by atoms with van der Waals surface area (Å²) in [5.41, 5.74) is 5.76. The molecule has 0 N–H and O–H groups in total. The van der Waals surface area contributed by atoms with E-state index in [1.165, 1.54) is 0 Å². The molecule has 0 saturated carbocycles. The van der Waals surface area contributed by atoms with Crippen LogP contribution >= 0.6 is 30.3 Å². The summed E-state index contributed by atoms with van der Waals surface area (Å²) in [5, 5.41) is 5.30. The van der Waals surface area contributed by atoms with Crippen molar-refractivity contribution in [1.82, 2.24) is 0 Å². The fraction of sp³-hybridized carbons (Fsp3) is 0.0244. The molecule has 0 aromatic heterocycles. The molecule has 0 aliphatic carbocycles. The van der Waals surface area contributed by atoms with Crippen molar-refractivity contribution in [2.45, 2.75) is 6.10 Å². The standard InChI is InChI=1S/C41H27Cl2O2P/c42-29-22-20-27(21-23-29)37-35-26-30(43)24-25-33(35)41(46(44,31-14-6-2-7-15-31)32-16-8-3-9-17-32)39-38(37)34-18-10-11-19-36(34)45-40(39)28-12-4-1-5-13-28/h1-26,40H. The van der Waals surface area contributed by atoms with E-state index in [2.05, 4.69) is 18.2 Å². The predicted molar refractivity (Wildman–Crippen MR) is 193 cm³/mol. The molecule has 222 valence electrons. The summed E-state index contributed by atoms with van der Waals surface area (Å²) in [7, 11) is -3.53. The Morgan fingerprint density at radius 3 is 1.76 bits per heavy atom. The van der Waals surface area contributed by atoms with Crippen LogP contribution in [0, 0.1) is 0 Å². The van der Waals surface area contributed by atoms with E-state index in [1.54, 1.807) is 0 Å². The zero-order valence-corrected chi connectivity index (χ0v) is 27.0. The molecule has 1 aliphatic heterocycles. The molecule has 0 radical (unpaired) electrons. The van der Waals surface area contributed by atoms with Gasteiger partial charge in [0.2, 0.25) is 0 Å². The number of ether oxygens (including phenoxy) is 1. The molecule has 1 atom stereocenters. The Kier molecular flexibility index (Phi) is 7.31. The third-order valence-electron chi connectivity index (χ3n) is 8.73. The SMILES string of the molecule is O=P(c1ccccc1)(c1ccccc1)c1c2c(c(-c3ccc(Cl)cc3)c3cc(Cl)ccc13)-c1ccccc1OC2c1ccccc1. The molecule has 1 heterocycles. The maximum atomic E-state index is 16.5. The minimum Gasteiger partial charge on any atom is -0.480 e. The maximum absolute atomic E-state index is 16.5. The monoisotopic (exact) mass is 652 g/mol. The first kappa shape index (κ1) is 28.9. The highest BCUT2D eigenvalue weighted by Gasteiger charge is 2.42. The Bertz CT molecular complexity index is 2230. The summed E-state index contributed by atoms with van der Waals surface area (Å²) in [6.45, 7) is 0. The second-order valence-corrected chi connectivity index (χ2v) is 15.0. The van der Waals surface area contributed by atoms with E-state index in [4.69, 9.17) is 27.9 Å². The van der Waals surface area contributed by atoms with E-state index in [0.717, 1.165) is 65.8 Å². The topological polar surface area (TPSA) is 26.3 Å². The molecule has 0 bridgehead atoms. The van der Waals surface area contributed by atoms with Gasteiger partial charge in [-0.15, -0.1) is 0 Å². The van der Waals surface area contributed by atoms with Gasteiger partial charge in [-0.25, -0.2) is 0 Å². The molecular formula is C41H27Cl2O2P. The highest BCUT2D eigenvalue weighted by Crippen LogP contribution is 2.56. The molecule has 0 spiro atoms. The first-order valence-electron chi connectivity index (χ1n) is 15.1. The summed E-state index contributed by atoms with van der Waals surface area (Å²) >= 11 is 13.2. The lowest BCUT2D eigenvalue weighted by atomic mass is 9.81. The molecule has 1 aliphatic rings. The summed E-state index contributed by atoms with van der Waals surface area (Å²) in [6.07, 6.45) is -0.534. The van der Waals surface area contributed by atoms with E-state index >= 15 is 4.57 Å². The third kappa shape index (κ3) is 4.68. The number of hydrogen-bond donors (Lipinski definition) is 0.